The maximum absolute atomic E-state index is 5.03. The first-order chi connectivity index (χ1) is 16.9. The number of rotatable bonds is 3. The molecule has 34 heavy (non-hydrogen) atoms. The molecule has 0 saturated heterocycles. The molecule has 2 heterocycles. The molecule has 0 bridgehead atoms. The molecule has 5 aromatic carbocycles. The van der Waals surface area contributed by atoms with Crippen LogP contribution in [0.25, 0.3) is 55.2 Å². The van der Waals surface area contributed by atoms with Crippen molar-refractivity contribution in [2.75, 3.05) is 0 Å². The second-order valence-electron chi connectivity index (χ2n) is 8.57. The Morgan fingerprint density at radius 2 is 1.18 bits per heavy atom. The molecule has 0 unspecified atom stereocenters. The lowest BCUT2D eigenvalue weighted by atomic mass is 10.1. The number of fused-ring (bicyclic) bond motifs is 5. The molecule has 0 aliphatic carbocycles. The molecule has 160 valence electrons. The molecule has 0 amide bonds. The average Bonchev–Trinajstić information content (AvgIpc) is 3.49. The topological polar surface area (TPSA) is 22.8 Å². The molecule has 0 saturated carbocycles. The van der Waals surface area contributed by atoms with Gasteiger partial charge in [-0.3, -0.25) is 0 Å². The zero-order chi connectivity index (χ0) is 22.5. The fraction of sp³-hybridized carbons (Fsp3) is 0. The van der Waals surface area contributed by atoms with E-state index in [4.69, 9.17) is 5.10 Å². The first-order valence-electron chi connectivity index (χ1n) is 11.5. The third-order valence-electron chi connectivity index (χ3n) is 6.56. The van der Waals surface area contributed by atoms with Gasteiger partial charge in [0.05, 0.1) is 16.7 Å². The molecule has 2 aromatic heterocycles. The molecule has 3 heteroatoms. The van der Waals surface area contributed by atoms with Gasteiger partial charge in [0, 0.05) is 28.0 Å². The maximum Gasteiger partial charge on any atom is 0.103 e. The highest BCUT2D eigenvalue weighted by molar-refractivity contribution is 6.20. The summed E-state index contributed by atoms with van der Waals surface area (Å²) in [7, 11) is 0. The van der Waals surface area contributed by atoms with E-state index in [1.165, 1.54) is 32.9 Å². The molecule has 0 fully saturated rings. The van der Waals surface area contributed by atoms with E-state index in [1.807, 2.05) is 22.9 Å². The number of nitrogens with zero attached hydrogens (tertiary/aromatic N) is 3. The van der Waals surface area contributed by atoms with Crippen molar-refractivity contribution in [3.8, 4) is 22.5 Å². The van der Waals surface area contributed by atoms with Crippen LogP contribution >= 0.6 is 0 Å². The Balaban J connectivity index is 1.47. The van der Waals surface area contributed by atoms with Gasteiger partial charge in [0.2, 0.25) is 0 Å². The van der Waals surface area contributed by atoms with Gasteiger partial charge >= 0.3 is 0 Å². The van der Waals surface area contributed by atoms with Crippen molar-refractivity contribution >= 4 is 32.7 Å². The van der Waals surface area contributed by atoms with Gasteiger partial charge in [-0.25, -0.2) is 4.68 Å². The molecule has 7 aromatic rings. The zero-order valence-corrected chi connectivity index (χ0v) is 18.5. The Bertz CT molecular complexity index is 1770. The summed E-state index contributed by atoms with van der Waals surface area (Å²) >= 11 is 0. The van der Waals surface area contributed by atoms with Gasteiger partial charge in [-0.2, -0.15) is 5.10 Å². The van der Waals surface area contributed by atoms with E-state index in [2.05, 4.69) is 114 Å². The Morgan fingerprint density at radius 3 is 1.97 bits per heavy atom. The maximum atomic E-state index is 5.03. The summed E-state index contributed by atoms with van der Waals surface area (Å²) in [6, 6.07) is 42.6. The molecule has 0 spiro atoms. The molecule has 7 rings (SSSR count). The lowest BCUT2D eigenvalue weighted by Crippen LogP contribution is -1.93. The van der Waals surface area contributed by atoms with E-state index >= 15 is 0 Å². The van der Waals surface area contributed by atoms with E-state index < -0.39 is 0 Å². The van der Waals surface area contributed by atoms with Crippen LogP contribution in [0.15, 0.2) is 128 Å². The molecule has 3 nitrogen and oxygen atoms in total. The monoisotopic (exact) mass is 435 g/mol. The van der Waals surface area contributed by atoms with Crippen LogP contribution in [-0.2, 0) is 0 Å². The van der Waals surface area contributed by atoms with Crippen LogP contribution in [0.5, 0.6) is 0 Å². The van der Waals surface area contributed by atoms with Crippen molar-refractivity contribution in [1.82, 2.24) is 14.3 Å². The highest BCUT2D eigenvalue weighted by Gasteiger charge is 2.16. The third-order valence-corrected chi connectivity index (χ3v) is 6.56. The van der Waals surface area contributed by atoms with Gasteiger partial charge < -0.3 is 4.57 Å². The second-order valence-corrected chi connectivity index (χ2v) is 8.57. The average molecular weight is 436 g/mol. The Labute approximate surface area is 197 Å². The number of hydrogen-bond donors (Lipinski definition) is 0. The fourth-order valence-corrected chi connectivity index (χ4v) is 4.96. The highest BCUT2D eigenvalue weighted by Crippen LogP contribution is 2.36. The van der Waals surface area contributed by atoms with Gasteiger partial charge in [-0.1, -0.05) is 78.9 Å². The molecule has 0 N–H and O–H groups in total. The van der Waals surface area contributed by atoms with E-state index in [9.17, 15) is 0 Å². The number of benzene rings is 5. The van der Waals surface area contributed by atoms with Crippen LogP contribution < -0.4 is 0 Å². The Kier molecular flexibility index (Phi) is 4.15. The van der Waals surface area contributed by atoms with Crippen LogP contribution in [-0.4, -0.2) is 14.3 Å². The van der Waals surface area contributed by atoms with Gasteiger partial charge in [-0.15, -0.1) is 0 Å². The van der Waals surface area contributed by atoms with Crippen molar-refractivity contribution < 1.29 is 0 Å². The first kappa shape index (κ1) is 18.9. The van der Waals surface area contributed by atoms with E-state index in [0.717, 1.165) is 22.3 Å². The van der Waals surface area contributed by atoms with Crippen LogP contribution in [0, 0.1) is 0 Å². The first-order valence-corrected chi connectivity index (χ1v) is 11.5. The molecule has 0 atom stereocenters. The minimum atomic E-state index is 1.03. The summed E-state index contributed by atoms with van der Waals surface area (Å²) in [6.07, 6.45) is 2.12. The SMILES string of the molecule is c1ccc(-c2ccc(-n3c4ccccc4c4c5nn(-c6ccccc6)cc5ccc43)cc2)cc1. The smallest absolute Gasteiger partial charge is 0.103 e. The predicted molar refractivity (Wildman–Crippen MR) is 141 cm³/mol. The summed E-state index contributed by atoms with van der Waals surface area (Å²) in [5.74, 6) is 0. The van der Waals surface area contributed by atoms with Crippen molar-refractivity contribution in [2.24, 2.45) is 0 Å². The normalized spacial score (nSPS) is 11.5. The van der Waals surface area contributed by atoms with E-state index in [0.29, 0.717) is 0 Å². The number of aromatic nitrogens is 3. The highest BCUT2D eigenvalue weighted by atomic mass is 15.3. The molecule has 0 aliphatic rings. The standard InChI is InChI=1S/C31H21N3/c1-3-9-22(10-4-1)23-15-18-26(19-16-23)34-28-14-8-7-13-27(28)30-29(34)20-17-24-21-33(32-31(24)30)25-11-5-2-6-12-25/h1-21H. The fourth-order valence-electron chi connectivity index (χ4n) is 4.96. The molecule has 0 aliphatic heterocycles. The van der Waals surface area contributed by atoms with Crippen LogP contribution in [0.4, 0.5) is 0 Å². The van der Waals surface area contributed by atoms with Crippen LogP contribution in [0.2, 0.25) is 0 Å². The number of hydrogen-bond acceptors (Lipinski definition) is 1. The summed E-state index contributed by atoms with van der Waals surface area (Å²) in [6.45, 7) is 0. The minimum Gasteiger partial charge on any atom is -0.309 e. The molecular formula is C31H21N3. The zero-order valence-electron chi connectivity index (χ0n) is 18.5. The van der Waals surface area contributed by atoms with Gasteiger partial charge in [0.1, 0.15) is 5.52 Å². The summed E-state index contributed by atoms with van der Waals surface area (Å²) in [5, 5.41) is 8.57. The Hall–Kier alpha value is -4.63. The van der Waals surface area contributed by atoms with Gasteiger partial charge in [0.15, 0.2) is 0 Å². The lowest BCUT2D eigenvalue weighted by Gasteiger charge is -2.09. The minimum absolute atomic E-state index is 1.03. The van der Waals surface area contributed by atoms with Crippen molar-refractivity contribution in [3.63, 3.8) is 0 Å². The quantitative estimate of drug-likeness (QED) is 0.278. The lowest BCUT2D eigenvalue weighted by molar-refractivity contribution is 0.898. The predicted octanol–water partition coefficient (Wildman–Crippen LogP) is 7.79. The summed E-state index contributed by atoms with van der Waals surface area (Å²) < 4.78 is 4.32. The third kappa shape index (κ3) is 2.87. The Morgan fingerprint density at radius 1 is 0.500 bits per heavy atom. The van der Waals surface area contributed by atoms with Crippen LogP contribution in [0.1, 0.15) is 0 Å². The van der Waals surface area contributed by atoms with Gasteiger partial charge in [0.25, 0.3) is 0 Å². The van der Waals surface area contributed by atoms with E-state index in [1.54, 1.807) is 0 Å². The summed E-state index contributed by atoms with van der Waals surface area (Å²) in [5.41, 5.74) is 8.03. The van der Waals surface area contributed by atoms with E-state index in [-0.39, 0.29) is 0 Å². The largest absolute Gasteiger partial charge is 0.309 e. The van der Waals surface area contributed by atoms with Crippen LogP contribution in [0.3, 0.4) is 0 Å². The summed E-state index contributed by atoms with van der Waals surface area (Å²) in [4.78, 5) is 0. The molecular weight excluding hydrogens is 414 g/mol. The van der Waals surface area contributed by atoms with Crippen molar-refractivity contribution in [2.45, 2.75) is 0 Å². The number of para-hydroxylation sites is 2. The van der Waals surface area contributed by atoms with Gasteiger partial charge in [-0.05, 0) is 53.6 Å². The second kappa shape index (κ2) is 7.46. The molecule has 0 radical (unpaired) electrons. The van der Waals surface area contributed by atoms with Crippen molar-refractivity contribution in [3.05, 3.63) is 128 Å². The van der Waals surface area contributed by atoms with Crippen molar-refractivity contribution in [1.29, 1.82) is 0 Å².